The molecule has 22 heavy (non-hydrogen) atoms. The minimum atomic E-state index is -0.522. The lowest BCUT2D eigenvalue weighted by molar-refractivity contribution is 0.0711. The van der Waals surface area contributed by atoms with Crippen molar-refractivity contribution in [3.05, 3.63) is 49.9 Å². The average molecular weight is 334 g/mol. The van der Waals surface area contributed by atoms with Crippen LogP contribution in [0.1, 0.15) is 36.7 Å². The highest BCUT2D eigenvalue weighted by atomic mass is 32.1. The predicted octanol–water partition coefficient (Wildman–Crippen LogP) is 2.99. The predicted molar refractivity (Wildman–Crippen MR) is 86.3 cm³/mol. The molecule has 3 heterocycles. The molecule has 3 rings (SSSR count). The average Bonchev–Trinajstić information content (AvgIpc) is 3.21. The van der Waals surface area contributed by atoms with Gasteiger partial charge in [-0.15, -0.1) is 22.7 Å². The van der Waals surface area contributed by atoms with Gasteiger partial charge in [-0.2, -0.15) is 0 Å². The van der Waals surface area contributed by atoms with E-state index in [1.54, 1.807) is 16.4 Å². The van der Waals surface area contributed by atoms with Gasteiger partial charge in [0.05, 0.1) is 9.75 Å². The summed E-state index contributed by atoms with van der Waals surface area (Å²) in [5, 5.41) is 10.6. The third-order valence-corrected chi connectivity index (χ3v) is 5.63. The van der Waals surface area contributed by atoms with Crippen LogP contribution in [-0.4, -0.2) is 28.5 Å². The second-order valence-corrected chi connectivity index (χ2v) is 6.86. The van der Waals surface area contributed by atoms with Crippen molar-refractivity contribution >= 4 is 40.1 Å². The SMILES string of the molecule is C/C=C1\CN(C(=O)c2cccs2)Cc2cc(C(=O)NO)sc21. The van der Waals surface area contributed by atoms with E-state index in [-0.39, 0.29) is 5.91 Å². The third kappa shape index (κ3) is 2.58. The first-order valence-corrected chi connectivity index (χ1v) is 8.39. The Morgan fingerprint density at radius 1 is 1.36 bits per heavy atom. The molecule has 0 aliphatic carbocycles. The van der Waals surface area contributed by atoms with Crippen LogP contribution in [0.4, 0.5) is 0 Å². The molecular formula is C15H14N2O3S2. The topological polar surface area (TPSA) is 69.6 Å². The summed E-state index contributed by atoms with van der Waals surface area (Å²) in [5.41, 5.74) is 3.61. The van der Waals surface area contributed by atoms with Crippen LogP contribution in [-0.2, 0) is 6.54 Å². The second kappa shape index (κ2) is 6.04. The number of nitrogens with zero attached hydrogens (tertiary/aromatic N) is 1. The van der Waals surface area contributed by atoms with Crippen LogP contribution in [0.2, 0.25) is 0 Å². The molecule has 2 aromatic heterocycles. The Bertz CT molecular complexity index is 747. The molecule has 0 saturated heterocycles. The zero-order valence-corrected chi connectivity index (χ0v) is 13.5. The molecule has 0 unspecified atom stereocenters. The molecule has 5 nitrogen and oxygen atoms in total. The largest absolute Gasteiger partial charge is 0.329 e. The molecule has 0 saturated carbocycles. The number of carbonyl (C=O) groups excluding carboxylic acids is 2. The summed E-state index contributed by atoms with van der Waals surface area (Å²) < 4.78 is 0. The summed E-state index contributed by atoms with van der Waals surface area (Å²) in [7, 11) is 0. The van der Waals surface area contributed by atoms with Crippen LogP contribution in [0.5, 0.6) is 0 Å². The molecular weight excluding hydrogens is 320 g/mol. The van der Waals surface area contributed by atoms with Crippen molar-refractivity contribution < 1.29 is 14.8 Å². The monoisotopic (exact) mass is 334 g/mol. The van der Waals surface area contributed by atoms with Crippen LogP contribution in [0.3, 0.4) is 0 Å². The molecule has 2 N–H and O–H groups in total. The van der Waals surface area contributed by atoms with E-state index < -0.39 is 5.91 Å². The molecule has 1 aliphatic heterocycles. The van der Waals surface area contributed by atoms with Gasteiger partial charge in [0.25, 0.3) is 11.8 Å². The van der Waals surface area contributed by atoms with E-state index in [4.69, 9.17) is 5.21 Å². The molecule has 1 aliphatic rings. The van der Waals surface area contributed by atoms with E-state index in [2.05, 4.69) is 0 Å². The minimum Gasteiger partial charge on any atom is -0.329 e. The number of amides is 2. The Balaban J connectivity index is 1.93. The van der Waals surface area contributed by atoms with Gasteiger partial charge in [0.2, 0.25) is 0 Å². The van der Waals surface area contributed by atoms with Crippen LogP contribution in [0.15, 0.2) is 29.7 Å². The fourth-order valence-electron chi connectivity index (χ4n) is 2.45. The van der Waals surface area contributed by atoms with Gasteiger partial charge in [0, 0.05) is 18.0 Å². The lowest BCUT2D eigenvalue weighted by Gasteiger charge is -2.28. The Hall–Kier alpha value is -1.96. The number of fused-ring (bicyclic) bond motifs is 1. The van der Waals surface area contributed by atoms with Crippen LogP contribution in [0, 0.1) is 0 Å². The van der Waals surface area contributed by atoms with E-state index in [0.29, 0.717) is 22.8 Å². The van der Waals surface area contributed by atoms with Gasteiger partial charge in [0.1, 0.15) is 0 Å². The number of allylic oxidation sites excluding steroid dienone is 1. The molecule has 2 amide bonds. The maximum Gasteiger partial charge on any atom is 0.284 e. The van der Waals surface area contributed by atoms with Crippen molar-refractivity contribution in [1.82, 2.24) is 10.4 Å². The molecule has 0 aromatic carbocycles. The number of hydroxylamine groups is 1. The highest BCUT2D eigenvalue weighted by molar-refractivity contribution is 7.15. The highest BCUT2D eigenvalue weighted by Crippen LogP contribution is 2.35. The van der Waals surface area contributed by atoms with Gasteiger partial charge >= 0.3 is 0 Å². The Kier molecular flexibility index (Phi) is 4.10. The van der Waals surface area contributed by atoms with Crippen molar-refractivity contribution in [2.24, 2.45) is 0 Å². The fourth-order valence-corrected chi connectivity index (χ4v) is 4.26. The lowest BCUT2D eigenvalue weighted by Crippen LogP contribution is -2.34. The van der Waals surface area contributed by atoms with Gasteiger partial charge < -0.3 is 4.90 Å². The molecule has 0 bridgehead atoms. The summed E-state index contributed by atoms with van der Waals surface area (Å²) in [4.78, 5) is 28.0. The van der Waals surface area contributed by atoms with Gasteiger partial charge in [-0.25, -0.2) is 5.48 Å². The molecule has 0 spiro atoms. The number of rotatable bonds is 2. The lowest BCUT2D eigenvalue weighted by atomic mass is 10.0. The van der Waals surface area contributed by atoms with Gasteiger partial charge in [-0.3, -0.25) is 14.8 Å². The fraction of sp³-hybridized carbons (Fsp3) is 0.200. The molecule has 2 aromatic rings. The van der Waals surface area contributed by atoms with Gasteiger partial charge in [0.15, 0.2) is 0 Å². The van der Waals surface area contributed by atoms with E-state index >= 15 is 0 Å². The van der Waals surface area contributed by atoms with Crippen molar-refractivity contribution in [3.8, 4) is 0 Å². The van der Waals surface area contributed by atoms with Crippen molar-refractivity contribution in [3.63, 3.8) is 0 Å². The maximum absolute atomic E-state index is 12.5. The number of thiophene rings is 2. The van der Waals surface area contributed by atoms with Gasteiger partial charge in [-0.05, 0) is 35.6 Å². The van der Waals surface area contributed by atoms with Crippen molar-refractivity contribution in [1.29, 1.82) is 0 Å². The summed E-state index contributed by atoms with van der Waals surface area (Å²) in [6, 6.07) is 5.41. The van der Waals surface area contributed by atoms with Crippen molar-refractivity contribution in [2.75, 3.05) is 6.54 Å². The molecule has 114 valence electrons. The van der Waals surface area contributed by atoms with E-state index in [1.807, 2.05) is 30.5 Å². The third-order valence-electron chi connectivity index (χ3n) is 3.52. The number of carbonyl (C=O) groups is 2. The quantitative estimate of drug-likeness (QED) is 0.655. The number of nitrogens with one attached hydrogen (secondary N) is 1. The van der Waals surface area contributed by atoms with E-state index in [0.717, 1.165) is 16.0 Å². The molecule has 0 atom stereocenters. The number of hydrogen-bond acceptors (Lipinski definition) is 5. The molecule has 0 fully saturated rings. The second-order valence-electron chi connectivity index (χ2n) is 4.86. The minimum absolute atomic E-state index is 0.000593. The zero-order valence-electron chi connectivity index (χ0n) is 11.8. The first-order chi connectivity index (χ1) is 10.6. The Morgan fingerprint density at radius 3 is 2.82 bits per heavy atom. The van der Waals surface area contributed by atoms with Crippen LogP contribution in [0.25, 0.3) is 5.57 Å². The summed E-state index contributed by atoms with van der Waals surface area (Å²) >= 11 is 2.76. The zero-order chi connectivity index (χ0) is 15.7. The Labute approximate surface area is 135 Å². The molecule has 0 radical (unpaired) electrons. The maximum atomic E-state index is 12.5. The summed E-state index contributed by atoms with van der Waals surface area (Å²) in [5.74, 6) is -0.523. The summed E-state index contributed by atoms with van der Waals surface area (Å²) in [6.45, 7) is 2.92. The van der Waals surface area contributed by atoms with Crippen molar-refractivity contribution in [2.45, 2.75) is 13.5 Å². The number of hydrogen-bond donors (Lipinski definition) is 2. The normalized spacial score (nSPS) is 15.7. The Morgan fingerprint density at radius 2 is 2.18 bits per heavy atom. The van der Waals surface area contributed by atoms with Gasteiger partial charge in [-0.1, -0.05) is 12.1 Å². The van der Waals surface area contributed by atoms with Crippen LogP contribution >= 0.6 is 22.7 Å². The van der Waals surface area contributed by atoms with E-state index in [9.17, 15) is 9.59 Å². The standard InChI is InChI=1S/C15H14N2O3S2/c1-2-9-7-17(15(19)11-4-3-5-21-11)8-10-6-12(14(18)16-20)22-13(9)10/h2-6,20H,7-8H2,1H3,(H,16,18)/b9-2+. The van der Waals surface area contributed by atoms with Crippen LogP contribution < -0.4 is 5.48 Å². The summed E-state index contributed by atoms with van der Waals surface area (Å²) in [6.07, 6.45) is 1.96. The first-order valence-electron chi connectivity index (χ1n) is 6.69. The first kappa shape index (κ1) is 15.0. The van der Waals surface area contributed by atoms with E-state index in [1.165, 1.54) is 22.7 Å². The smallest absolute Gasteiger partial charge is 0.284 e. The molecule has 7 heteroatoms. The highest BCUT2D eigenvalue weighted by Gasteiger charge is 2.28.